The molecule has 2 saturated carbocycles. The van der Waals surface area contributed by atoms with Crippen LogP contribution in [-0.4, -0.2) is 24.4 Å². The summed E-state index contributed by atoms with van der Waals surface area (Å²) in [5.41, 5.74) is 8.02. The van der Waals surface area contributed by atoms with Crippen molar-refractivity contribution in [2.75, 3.05) is 0 Å². The van der Waals surface area contributed by atoms with Crippen molar-refractivity contribution in [2.24, 2.45) is 23.7 Å². The van der Waals surface area contributed by atoms with E-state index in [-0.39, 0.29) is 11.0 Å². The lowest BCUT2D eigenvalue weighted by atomic mass is 9.67. The minimum Gasteiger partial charge on any atom is -0.316 e. The van der Waals surface area contributed by atoms with Gasteiger partial charge in [-0.1, -0.05) is 276 Å². The molecule has 0 heterocycles. The summed E-state index contributed by atoms with van der Waals surface area (Å²) in [4.78, 5) is 0. The van der Waals surface area contributed by atoms with Crippen LogP contribution in [0.3, 0.4) is 0 Å². The Kier molecular flexibility index (Phi) is 23.4. The summed E-state index contributed by atoms with van der Waals surface area (Å²) in [5.74, 6) is 2.85. The van der Waals surface area contributed by atoms with Gasteiger partial charge in [-0.3, -0.25) is 0 Å². The molecule has 1 nitrogen and oxygen atoms in total. The second kappa shape index (κ2) is 27.8. The molecule has 0 N–H and O–H groups in total. The van der Waals surface area contributed by atoms with Gasteiger partial charge in [0.1, 0.15) is 8.24 Å². The Labute approximate surface area is 402 Å². The first-order valence-electron chi connectivity index (χ1n) is 29.3. The Morgan fingerprint density at radius 2 is 0.953 bits per heavy atom. The van der Waals surface area contributed by atoms with Crippen molar-refractivity contribution in [1.82, 2.24) is 4.57 Å². The highest BCUT2D eigenvalue weighted by molar-refractivity contribution is 6.76. The molecule has 64 heavy (non-hydrogen) atoms. The fourth-order valence-electron chi connectivity index (χ4n) is 15.0. The van der Waals surface area contributed by atoms with E-state index < -0.39 is 8.24 Å². The molecule has 0 saturated heterocycles. The predicted octanol–water partition coefficient (Wildman–Crippen LogP) is 20.5. The molecule has 4 aliphatic carbocycles. The zero-order valence-electron chi connectivity index (χ0n) is 44.6. The number of benzene rings is 1. The Morgan fingerprint density at radius 3 is 1.39 bits per heavy atom. The van der Waals surface area contributed by atoms with E-state index in [4.69, 9.17) is 0 Å². The topological polar surface area (TPSA) is 3.24 Å². The van der Waals surface area contributed by atoms with Crippen LogP contribution in [0.15, 0.2) is 42.0 Å². The molecule has 1 aromatic rings. The van der Waals surface area contributed by atoms with Crippen LogP contribution in [0, 0.1) is 23.7 Å². The van der Waals surface area contributed by atoms with Gasteiger partial charge in [-0.05, 0) is 97.9 Å². The van der Waals surface area contributed by atoms with Crippen LogP contribution in [0.1, 0.15) is 284 Å². The lowest BCUT2D eigenvalue weighted by molar-refractivity contribution is 0.138. The molecule has 0 amide bonds. The number of rotatable bonds is 33. The summed E-state index contributed by atoms with van der Waals surface area (Å²) < 4.78 is 3.20. The van der Waals surface area contributed by atoms with Gasteiger partial charge < -0.3 is 4.57 Å². The second-order valence-electron chi connectivity index (χ2n) is 24.4. The minimum atomic E-state index is -1.85. The van der Waals surface area contributed by atoms with Gasteiger partial charge in [0.05, 0.1) is 0 Å². The number of allylic oxidation sites excluding steroid dienone is 4. The normalized spacial score (nSPS) is 23.3. The fraction of sp³-hybridized carbons (Fsp3) is 0.839. The quantitative estimate of drug-likeness (QED) is 0.0502. The van der Waals surface area contributed by atoms with Crippen molar-refractivity contribution in [3.8, 4) is 0 Å². The lowest BCUT2D eigenvalue weighted by Crippen LogP contribution is -2.65. The first-order chi connectivity index (χ1) is 31.0. The van der Waals surface area contributed by atoms with Crippen molar-refractivity contribution in [3.05, 3.63) is 53.1 Å². The maximum atomic E-state index is 3.20. The molecular weight excluding hydrogens is 787 g/mol. The highest BCUT2D eigenvalue weighted by Crippen LogP contribution is 2.64. The van der Waals surface area contributed by atoms with E-state index in [0.29, 0.717) is 11.8 Å². The van der Waals surface area contributed by atoms with Crippen LogP contribution in [0.5, 0.6) is 0 Å². The van der Waals surface area contributed by atoms with Gasteiger partial charge in [0.25, 0.3) is 0 Å². The predicted molar refractivity (Wildman–Crippen MR) is 289 cm³/mol. The van der Waals surface area contributed by atoms with Gasteiger partial charge >= 0.3 is 0 Å². The smallest absolute Gasteiger partial charge is 0.127 e. The third kappa shape index (κ3) is 14.7. The van der Waals surface area contributed by atoms with Crippen molar-refractivity contribution in [2.45, 2.75) is 309 Å². The van der Waals surface area contributed by atoms with Crippen LogP contribution in [-0.2, 0) is 5.41 Å². The monoisotopic (exact) mass is 896 g/mol. The van der Waals surface area contributed by atoms with Crippen LogP contribution < -0.4 is 0 Å². The molecular formula is C62H109NSi. The van der Waals surface area contributed by atoms with Crippen molar-refractivity contribution in [3.63, 3.8) is 0 Å². The largest absolute Gasteiger partial charge is 0.316 e. The molecule has 0 aromatic heterocycles. The van der Waals surface area contributed by atoms with Gasteiger partial charge in [0, 0.05) is 17.0 Å². The summed E-state index contributed by atoms with van der Waals surface area (Å²) in [5, 5.41) is 0. The van der Waals surface area contributed by atoms with E-state index in [1.165, 1.54) is 225 Å². The molecule has 5 atom stereocenters. The van der Waals surface area contributed by atoms with Gasteiger partial charge in [-0.25, -0.2) is 0 Å². The molecule has 2 heteroatoms. The zero-order chi connectivity index (χ0) is 45.8. The highest BCUT2D eigenvalue weighted by atomic mass is 28.3. The van der Waals surface area contributed by atoms with Crippen molar-refractivity contribution < 1.29 is 0 Å². The number of unbranched alkanes of at least 4 members (excludes halogenated alkanes) is 26. The number of fused-ring (bicyclic) bond motifs is 4. The molecule has 5 unspecified atom stereocenters. The molecule has 0 radical (unpaired) electrons. The third-order valence-electron chi connectivity index (χ3n) is 18.1. The second-order valence-corrected chi connectivity index (χ2v) is 28.8. The standard InChI is InChI=1S/C62H109NSi/c1-10-12-14-16-18-20-22-24-26-28-30-32-34-41-47-62(48-42-35-33-31-29-27-25-23-21-19-17-15-13-11-2)58-46-40-39-45-54(58)56-49-57-55(50-59(56)62)51(3)52(4)60(57)64(8,9)63(61(5,6)7)53-43-37-36-38-44-53/h39-40,45-46,49-53,55,57,60H,10-38,41-44,47-48H2,1-9H3. The molecule has 1 aromatic carbocycles. The van der Waals surface area contributed by atoms with E-state index in [9.17, 15) is 0 Å². The average Bonchev–Trinajstić information content (AvgIpc) is 3.69. The average molecular weight is 897 g/mol. The van der Waals surface area contributed by atoms with E-state index in [1.54, 1.807) is 22.3 Å². The molecule has 0 aliphatic heterocycles. The zero-order valence-corrected chi connectivity index (χ0v) is 45.6. The summed E-state index contributed by atoms with van der Waals surface area (Å²) >= 11 is 0. The first kappa shape index (κ1) is 53.8. The SMILES string of the molecule is CCCCCCCCCCCCCCCCC1(CCCCCCCCCCCCCCCC)C2=CC3C(C)C(C)C([Si](C)(C)N(C4CCCCC4)C(C)(C)C)C3C=C2c2ccccc21. The summed E-state index contributed by atoms with van der Waals surface area (Å²) in [6.45, 7) is 23.3. The van der Waals surface area contributed by atoms with Gasteiger partial charge in [-0.15, -0.1) is 0 Å². The third-order valence-corrected chi connectivity index (χ3v) is 23.0. The first-order valence-corrected chi connectivity index (χ1v) is 32.3. The maximum Gasteiger partial charge on any atom is 0.127 e. The van der Waals surface area contributed by atoms with E-state index in [2.05, 4.69) is 103 Å². The molecule has 366 valence electrons. The van der Waals surface area contributed by atoms with Crippen LogP contribution in [0.2, 0.25) is 18.6 Å². The maximum absolute atomic E-state index is 3.20. The summed E-state index contributed by atoms with van der Waals surface area (Å²) in [6.07, 6.45) is 56.1. The van der Waals surface area contributed by atoms with Gasteiger partial charge in [0.2, 0.25) is 0 Å². The molecule has 5 rings (SSSR count). The minimum absolute atomic E-state index is 0.204. The summed E-state index contributed by atoms with van der Waals surface area (Å²) in [6, 6.07) is 10.7. The summed E-state index contributed by atoms with van der Waals surface area (Å²) in [7, 11) is -1.85. The van der Waals surface area contributed by atoms with Gasteiger partial charge in [0.15, 0.2) is 0 Å². The number of hydrogen-bond donors (Lipinski definition) is 0. The van der Waals surface area contributed by atoms with E-state index in [0.717, 1.165) is 23.4 Å². The van der Waals surface area contributed by atoms with Crippen molar-refractivity contribution >= 4 is 13.8 Å². The number of hydrogen-bond acceptors (Lipinski definition) is 1. The molecule has 0 bridgehead atoms. The molecule has 4 aliphatic rings. The molecule has 0 spiro atoms. The fourth-order valence-corrected chi connectivity index (χ4v) is 21.1. The van der Waals surface area contributed by atoms with Crippen LogP contribution in [0.25, 0.3) is 5.57 Å². The lowest BCUT2D eigenvalue weighted by Gasteiger charge is -2.56. The Bertz CT molecular complexity index is 1450. The van der Waals surface area contributed by atoms with E-state index in [1.807, 2.05) is 0 Å². The molecule has 2 fully saturated rings. The number of nitrogens with zero attached hydrogens (tertiary/aromatic N) is 1. The van der Waals surface area contributed by atoms with Crippen LogP contribution >= 0.6 is 0 Å². The Morgan fingerprint density at radius 1 is 0.531 bits per heavy atom. The Hall–Kier alpha value is -1.12. The van der Waals surface area contributed by atoms with E-state index >= 15 is 0 Å². The highest BCUT2D eigenvalue weighted by Gasteiger charge is 2.58. The van der Waals surface area contributed by atoms with Crippen molar-refractivity contribution in [1.29, 1.82) is 0 Å². The van der Waals surface area contributed by atoms with Gasteiger partial charge in [-0.2, -0.15) is 0 Å². The Balaban J connectivity index is 1.26. The van der Waals surface area contributed by atoms with Crippen LogP contribution in [0.4, 0.5) is 0 Å².